The zero-order chi connectivity index (χ0) is 19.0. The molecule has 0 aliphatic carbocycles. The lowest BCUT2D eigenvalue weighted by atomic mass is 10.0. The van der Waals surface area contributed by atoms with Gasteiger partial charge in [0.25, 0.3) is 5.69 Å². The van der Waals surface area contributed by atoms with Crippen LogP contribution in [0.25, 0.3) is 11.1 Å². The average molecular weight is 441 g/mol. The van der Waals surface area contributed by atoms with E-state index < -0.39 is 37.6 Å². The second-order valence-corrected chi connectivity index (χ2v) is 7.11. The molecule has 0 saturated heterocycles. The third-order valence-corrected chi connectivity index (χ3v) is 4.40. The zero-order valence-corrected chi connectivity index (χ0v) is 14.4. The second kappa shape index (κ2) is 6.61. The van der Waals surface area contributed by atoms with E-state index in [1.807, 2.05) is 0 Å². The molecule has 25 heavy (non-hydrogen) atoms. The molecule has 0 amide bonds. The molecule has 0 radical (unpaired) electrons. The van der Waals surface area contributed by atoms with Crippen LogP contribution in [0.1, 0.15) is 0 Å². The van der Waals surface area contributed by atoms with E-state index in [2.05, 4.69) is 20.7 Å². The summed E-state index contributed by atoms with van der Waals surface area (Å²) in [5.74, 6) is -0.743. The van der Waals surface area contributed by atoms with Crippen molar-refractivity contribution < 1.29 is 31.2 Å². The van der Waals surface area contributed by atoms with Gasteiger partial charge in [-0.25, -0.2) is 13.6 Å². The van der Waals surface area contributed by atoms with Crippen LogP contribution in [0.15, 0.2) is 45.8 Å². The first-order valence-corrected chi connectivity index (χ1v) is 8.59. The normalized spacial score (nSPS) is 12.0. The van der Waals surface area contributed by atoms with E-state index in [0.717, 1.165) is 24.3 Å². The Labute approximate surface area is 147 Å². The number of hydrogen-bond acceptors (Lipinski definition) is 5. The Morgan fingerprint density at radius 2 is 1.76 bits per heavy atom. The summed E-state index contributed by atoms with van der Waals surface area (Å²) in [5, 5.41) is 16.3. The van der Waals surface area contributed by atoms with Gasteiger partial charge in [0.2, 0.25) is 10.0 Å². The number of nitro benzene ring substituents is 1. The van der Waals surface area contributed by atoms with E-state index in [4.69, 9.17) is 5.14 Å². The Kier molecular flexibility index (Phi) is 5.06. The number of ether oxygens (including phenoxy) is 1. The largest absolute Gasteiger partial charge is 0.573 e. The van der Waals surface area contributed by atoms with Gasteiger partial charge in [0, 0.05) is 16.1 Å². The summed E-state index contributed by atoms with van der Waals surface area (Å²) < 4.78 is 64.6. The lowest BCUT2D eigenvalue weighted by Gasteiger charge is -2.13. The summed E-state index contributed by atoms with van der Waals surface area (Å²) in [7, 11) is -4.37. The Hall–Kier alpha value is -2.18. The second-order valence-electron chi connectivity index (χ2n) is 4.67. The Balaban J connectivity index is 2.78. The van der Waals surface area contributed by atoms with Crippen molar-refractivity contribution in [3.05, 3.63) is 51.0 Å². The highest BCUT2D eigenvalue weighted by Crippen LogP contribution is 2.38. The maximum Gasteiger partial charge on any atom is 0.573 e. The number of primary sulfonamides is 1. The Morgan fingerprint density at radius 3 is 2.28 bits per heavy atom. The molecule has 2 aromatic carbocycles. The first-order valence-electron chi connectivity index (χ1n) is 6.25. The number of benzene rings is 2. The minimum Gasteiger partial charge on any atom is -0.406 e. The molecule has 7 nitrogen and oxygen atoms in total. The van der Waals surface area contributed by atoms with Gasteiger partial charge in [0.1, 0.15) is 5.75 Å². The molecule has 0 spiro atoms. The highest BCUT2D eigenvalue weighted by atomic mass is 79.9. The average Bonchev–Trinajstić information content (AvgIpc) is 2.44. The summed E-state index contributed by atoms with van der Waals surface area (Å²) in [6.07, 6.45) is -5.02. The van der Waals surface area contributed by atoms with Crippen molar-refractivity contribution in [2.45, 2.75) is 11.3 Å². The highest BCUT2D eigenvalue weighted by Gasteiger charge is 2.32. The third-order valence-electron chi connectivity index (χ3n) is 2.94. The van der Waals surface area contributed by atoms with Gasteiger partial charge >= 0.3 is 6.36 Å². The molecule has 12 heteroatoms. The molecule has 2 aromatic rings. The molecule has 0 aliphatic heterocycles. The summed E-state index contributed by atoms with van der Waals surface area (Å²) in [5.41, 5.74) is -1.14. The number of alkyl halides is 3. The molecular formula is C13H8BrF3N2O5S. The van der Waals surface area contributed by atoms with Crippen LogP contribution in [-0.2, 0) is 10.0 Å². The number of halogens is 4. The van der Waals surface area contributed by atoms with Gasteiger partial charge in [-0.05, 0) is 30.3 Å². The van der Waals surface area contributed by atoms with Crippen molar-refractivity contribution in [1.29, 1.82) is 0 Å². The maximum absolute atomic E-state index is 12.4. The number of nitro groups is 1. The molecule has 2 rings (SSSR count). The van der Waals surface area contributed by atoms with Crippen LogP contribution < -0.4 is 9.88 Å². The fourth-order valence-electron chi connectivity index (χ4n) is 2.05. The SMILES string of the molecule is NS(=O)(=O)c1ccc(OC(F)(F)F)cc1-c1ccc(Br)cc1[N+](=O)[O-]. The predicted octanol–water partition coefficient (Wildman–Crippen LogP) is 3.57. The minimum absolute atomic E-state index is 0.232. The topological polar surface area (TPSA) is 113 Å². The fourth-order valence-corrected chi connectivity index (χ4v) is 3.13. The van der Waals surface area contributed by atoms with Crippen LogP contribution in [0.4, 0.5) is 18.9 Å². The first kappa shape index (κ1) is 19.1. The lowest BCUT2D eigenvalue weighted by Crippen LogP contribution is -2.18. The summed E-state index contributed by atoms with van der Waals surface area (Å²) in [6, 6.07) is 5.90. The number of nitrogens with zero attached hydrogens (tertiary/aromatic N) is 1. The van der Waals surface area contributed by atoms with Crippen molar-refractivity contribution >= 4 is 31.6 Å². The van der Waals surface area contributed by atoms with Gasteiger partial charge in [-0.1, -0.05) is 15.9 Å². The minimum atomic E-state index is -5.02. The molecule has 0 aliphatic rings. The van der Waals surface area contributed by atoms with Crippen molar-refractivity contribution in [2.24, 2.45) is 5.14 Å². The molecule has 2 N–H and O–H groups in total. The lowest BCUT2D eigenvalue weighted by molar-refractivity contribution is -0.384. The standard InChI is InChI=1S/C13H8BrF3N2O5S/c14-7-1-3-9(11(5-7)19(20)21)10-6-8(24-13(15,16)17)2-4-12(10)25(18,22)23/h1-6H,(H2,18,22,23). The first-order chi connectivity index (χ1) is 11.4. The number of sulfonamides is 1. The van der Waals surface area contributed by atoms with Gasteiger partial charge < -0.3 is 4.74 Å². The molecule has 0 aromatic heterocycles. The Bertz CT molecular complexity index is 947. The van der Waals surface area contributed by atoms with Crippen molar-refractivity contribution in [3.8, 4) is 16.9 Å². The predicted molar refractivity (Wildman–Crippen MR) is 84.3 cm³/mol. The van der Waals surface area contributed by atoms with Gasteiger partial charge in [-0.3, -0.25) is 10.1 Å². The molecule has 0 saturated carbocycles. The summed E-state index contributed by atoms with van der Waals surface area (Å²) in [6.45, 7) is 0. The third kappa shape index (κ3) is 4.67. The van der Waals surface area contributed by atoms with E-state index in [1.54, 1.807) is 0 Å². The molecule has 0 atom stereocenters. The van der Waals surface area contributed by atoms with Gasteiger partial charge in [-0.2, -0.15) is 0 Å². The summed E-state index contributed by atoms with van der Waals surface area (Å²) >= 11 is 3.03. The fraction of sp³-hybridized carbons (Fsp3) is 0.0769. The van der Waals surface area contributed by atoms with Crippen LogP contribution in [0.2, 0.25) is 0 Å². The monoisotopic (exact) mass is 440 g/mol. The van der Waals surface area contributed by atoms with Crippen LogP contribution in [-0.4, -0.2) is 19.7 Å². The quantitative estimate of drug-likeness (QED) is 0.576. The maximum atomic E-state index is 12.4. The molecular weight excluding hydrogens is 433 g/mol. The van der Waals surface area contributed by atoms with E-state index in [0.29, 0.717) is 4.47 Å². The van der Waals surface area contributed by atoms with Crippen molar-refractivity contribution in [2.75, 3.05) is 0 Å². The molecule has 0 unspecified atom stereocenters. The smallest absolute Gasteiger partial charge is 0.406 e. The Morgan fingerprint density at radius 1 is 1.12 bits per heavy atom. The number of nitrogens with two attached hydrogens (primary N) is 1. The van der Waals surface area contributed by atoms with Gasteiger partial charge in [-0.15, -0.1) is 13.2 Å². The molecule has 0 bridgehead atoms. The van der Waals surface area contributed by atoms with E-state index in [1.165, 1.54) is 12.1 Å². The zero-order valence-electron chi connectivity index (χ0n) is 12.0. The molecule has 134 valence electrons. The van der Waals surface area contributed by atoms with Crippen LogP contribution in [0, 0.1) is 10.1 Å². The number of rotatable bonds is 4. The van der Waals surface area contributed by atoms with Crippen LogP contribution in [0.3, 0.4) is 0 Å². The van der Waals surface area contributed by atoms with Crippen LogP contribution in [0.5, 0.6) is 5.75 Å². The van der Waals surface area contributed by atoms with Gasteiger partial charge in [0.05, 0.1) is 15.4 Å². The number of hydrogen-bond donors (Lipinski definition) is 1. The van der Waals surface area contributed by atoms with Crippen molar-refractivity contribution in [3.63, 3.8) is 0 Å². The summed E-state index contributed by atoms with van der Waals surface area (Å²) in [4.78, 5) is 9.84. The van der Waals surface area contributed by atoms with Crippen LogP contribution >= 0.6 is 15.9 Å². The van der Waals surface area contributed by atoms with E-state index >= 15 is 0 Å². The van der Waals surface area contributed by atoms with E-state index in [-0.39, 0.29) is 11.1 Å². The van der Waals surface area contributed by atoms with E-state index in [9.17, 15) is 31.7 Å². The molecule has 0 fully saturated rings. The van der Waals surface area contributed by atoms with Crippen molar-refractivity contribution in [1.82, 2.24) is 0 Å². The highest BCUT2D eigenvalue weighted by molar-refractivity contribution is 9.10. The van der Waals surface area contributed by atoms with Gasteiger partial charge in [0.15, 0.2) is 0 Å². The molecule has 0 heterocycles.